The first-order valence-corrected chi connectivity index (χ1v) is 7.79. The fourth-order valence-electron chi connectivity index (χ4n) is 2.77. The van der Waals surface area contributed by atoms with Gasteiger partial charge in [0, 0.05) is 5.56 Å². The van der Waals surface area contributed by atoms with Crippen LogP contribution >= 0.6 is 0 Å². The summed E-state index contributed by atoms with van der Waals surface area (Å²) in [5, 5.41) is 0.539. The third kappa shape index (κ3) is 2.91. The van der Waals surface area contributed by atoms with Gasteiger partial charge < -0.3 is 4.42 Å². The minimum atomic E-state index is -0.336. The van der Waals surface area contributed by atoms with Gasteiger partial charge in [0.05, 0.1) is 10.9 Å². The molecule has 3 aromatic rings. The van der Waals surface area contributed by atoms with E-state index in [0.717, 1.165) is 16.7 Å². The molecule has 0 radical (unpaired) electrons. The number of nitrogens with zero attached hydrogens (tertiary/aromatic N) is 1. The average Bonchev–Trinajstić information content (AvgIpc) is 2.47. The average molecular weight is 307 g/mol. The van der Waals surface area contributed by atoms with E-state index in [2.05, 4.69) is 37.9 Å². The molecule has 0 N–H and O–H groups in total. The molecule has 0 bridgehead atoms. The van der Waals surface area contributed by atoms with Gasteiger partial charge in [-0.15, -0.1) is 0 Å². The Labute approximate surface area is 136 Å². The molecule has 118 valence electrons. The summed E-state index contributed by atoms with van der Waals surface area (Å²) in [7, 11) is 0. The van der Waals surface area contributed by atoms with Crippen LogP contribution in [0, 0.1) is 13.8 Å². The molecule has 0 aliphatic carbocycles. The maximum absolute atomic E-state index is 12.3. The number of aromatic nitrogens is 1. The maximum Gasteiger partial charge on any atom is 0.347 e. The number of fused-ring (bicyclic) bond motifs is 1. The van der Waals surface area contributed by atoms with E-state index in [0.29, 0.717) is 16.8 Å². The molecule has 1 heterocycles. The van der Waals surface area contributed by atoms with E-state index in [1.807, 2.05) is 38.1 Å². The molecule has 0 unspecified atom stereocenters. The van der Waals surface area contributed by atoms with Crippen molar-refractivity contribution < 1.29 is 4.42 Å². The van der Waals surface area contributed by atoms with Gasteiger partial charge in [0.25, 0.3) is 0 Å². The second kappa shape index (κ2) is 5.34. The highest BCUT2D eigenvalue weighted by atomic mass is 16.4. The molecule has 0 aliphatic rings. The lowest BCUT2D eigenvalue weighted by molar-refractivity contribution is 0.518. The normalized spacial score (nSPS) is 11.9. The highest BCUT2D eigenvalue weighted by molar-refractivity contribution is 5.82. The van der Waals surface area contributed by atoms with E-state index in [1.54, 1.807) is 0 Å². The molecule has 0 atom stereocenters. The smallest absolute Gasteiger partial charge is 0.347 e. The zero-order chi connectivity index (χ0) is 16.8. The molecule has 0 saturated heterocycles. The zero-order valence-electron chi connectivity index (χ0n) is 14.2. The van der Waals surface area contributed by atoms with Crippen LogP contribution in [0.25, 0.3) is 22.4 Å². The van der Waals surface area contributed by atoms with Crippen LogP contribution in [0.1, 0.15) is 37.5 Å². The van der Waals surface area contributed by atoms with E-state index in [4.69, 9.17) is 4.42 Å². The first-order valence-electron chi connectivity index (χ1n) is 7.79. The first kappa shape index (κ1) is 15.5. The van der Waals surface area contributed by atoms with E-state index in [1.165, 1.54) is 5.56 Å². The Morgan fingerprint density at radius 2 is 1.65 bits per heavy atom. The third-order valence-electron chi connectivity index (χ3n) is 4.07. The summed E-state index contributed by atoms with van der Waals surface area (Å²) in [6, 6.07) is 11.9. The predicted octanol–water partition coefficient (Wildman–Crippen LogP) is 4.77. The van der Waals surface area contributed by atoms with Gasteiger partial charge in [-0.25, -0.2) is 9.78 Å². The lowest BCUT2D eigenvalue weighted by atomic mass is 9.87. The van der Waals surface area contributed by atoms with E-state index in [9.17, 15) is 4.79 Å². The molecular formula is C20H21NO2. The fraction of sp³-hybridized carbons (Fsp3) is 0.300. The molecule has 3 rings (SSSR count). The van der Waals surface area contributed by atoms with Crippen LogP contribution in [-0.4, -0.2) is 4.98 Å². The SMILES string of the molecule is Cc1cc(C)c2nc(-c3ccc(C(C)(C)C)cc3)oc(=O)c2c1. The highest BCUT2D eigenvalue weighted by Gasteiger charge is 2.15. The molecule has 0 fully saturated rings. The van der Waals surface area contributed by atoms with Gasteiger partial charge in [-0.05, 0) is 54.2 Å². The Bertz CT molecular complexity index is 929. The van der Waals surface area contributed by atoms with Crippen molar-refractivity contribution in [1.82, 2.24) is 4.98 Å². The number of rotatable bonds is 1. The van der Waals surface area contributed by atoms with E-state index >= 15 is 0 Å². The summed E-state index contributed by atoms with van der Waals surface area (Å²) in [6.45, 7) is 10.4. The highest BCUT2D eigenvalue weighted by Crippen LogP contribution is 2.26. The van der Waals surface area contributed by atoms with Crippen molar-refractivity contribution in [3.8, 4) is 11.5 Å². The lowest BCUT2D eigenvalue weighted by Gasteiger charge is -2.18. The summed E-state index contributed by atoms with van der Waals surface area (Å²) in [5.74, 6) is 0.370. The minimum Gasteiger partial charge on any atom is -0.403 e. The standard InChI is InChI=1S/C20H21NO2/c1-12-10-13(2)17-16(11-12)19(22)23-18(21-17)14-6-8-15(9-7-14)20(3,4)5/h6-11H,1-5H3. The summed E-state index contributed by atoms with van der Waals surface area (Å²) in [6.07, 6.45) is 0. The van der Waals surface area contributed by atoms with Crippen molar-refractivity contribution in [2.75, 3.05) is 0 Å². The molecule has 23 heavy (non-hydrogen) atoms. The van der Waals surface area contributed by atoms with E-state index in [-0.39, 0.29) is 11.0 Å². The van der Waals surface area contributed by atoms with Gasteiger partial charge in [0.15, 0.2) is 0 Å². The number of hydrogen-bond acceptors (Lipinski definition) is 3. The van der Waals surface area contributed by atoms with E-state index < -0.39 is 0 Å². The molecule has 0 saturated carbocycles. The Kier molecular flexibility index (Phi) is 3.59. The number of hydrogen-bond donors (Lipinski definition) is 0. The van der Waals surface area contributed by atoms with Crippen LogP contribution < -0.4 is 5.63 Å². The first-order chi connectivity index (χ1) is 10.8. The Balaban J connectivity index is 2.16. The van der Waals surface area contributed by atoms with Crippen molar-refractivity contribution in [2.24, 2.45) is 0 Å². The third-order valence-corrected chi connectivity index (χ3v) is 4.07. The summed E-state index contributed by atoms with van der Waals surface area (Å²) in [5.41, 5.74) is 4.53. The Hall–Kier alpha value is -2.42. The van der Waals surface area contributed by atoms with Crippen LogP contribution in [0.3, 0.4) is 0 Å². The van der Waals surface area contributed by atoms with Crippen LogP contribution in [0.15, 0.2) is 45.6 Å². The molecular weight excluding hydrogens is 286 g/mol. The molecule has 3 heteroatoms. The summed E-state index contributed by atoms with van der Waals surface area (Å²) >= 11 is 0. The monoisotopic (exact) mass is 307 g/mol. The van der Waals surface area contributed by atoms with Crippen LogP contribution in [0.5, 0.6) is 0 Å². The number of benzene rings is 2. The summed E-state index contributed by atoms with van der Waals surface area (Å²) in [4.78, 5) is 16.9. The Morgan fingerprint density at radius 1 is 1.00 bits per heavy atom. The second-order valence-electron chi connectivity index (χ2n) is 7.11. The number of aryl methyl sites for hydroxylation is 2. The van der Waals surface area contributed by atoms with Gasteiger partial charge in [-0.2, -0.15) is 0 Å². The van der Waals surface area contributed by atoms with Crippen LogP contribution in [-0.2, 0) is 5.41 Å². The van der Waals surface area contributed by atoms with Crippen molar-refractivity contribution in [3.05, 3.63) is 63.5 Å². The maximum atomic E-state index is 12.3. The quantitative estimate of drug-likeness (QED) is 0.650. The van der Waals surface area contributed by atoms with Crippen LogP contribution in [0.4, 0.5) is 0 Å². The predicted molar refractivity (Wildman–Crippen MR) is 93.9 cm³/mol. The van der Waals surface area contributed by atoms with Crippen molar-refractivity contribution in [1.29, 1.82) is 0 Å². The zero-order valence-corrected chi connectivity index (χ0v) is 14.2. The van der Waals surface area contributed by atoms with Crippen molar-refractivity contribution in [3.63, 3.8) is 0 Å². The van der Waals surface area contributed by atoms with Gasteiger partial charge >= 0.3 is 5.63 Å². The molecule has 1 aromatic heterocycles. The molecule has 3 nitrogen and oxygen atoms in total. The van der Waals surface area contributed by atoms with Gasteiger partial charge in [-0.3, -0.25) is 0 Å². The van der Waals surface area contributed by atoms with Gasteiger partial charge in [-0.1, -0.05) is 39.0 Å². The van der Waals surface area contributed by atoms with Gasteiger partial charge in [0.1, 0.15) is 0 Å². The lowest BCUT2D eigenvalue weighted by Crippen LogP contribution is -2.10. The Morgan fingerprint density at radius 3 is 2.26 bits per heavy atom. The summed E-state index contributed by atoms with van der Waals surface area (Å²) < 4.78 is 5.45. The van der Waals surface area contributed by atoms with Crippen LogP contribution in [0.2, 0.25) is 0 Å². The fourth-order valence-corrected chi connectivity index (χ4v) is 2.77. The van der Waals surface area contributed by atoms with Crippen molar-refractivity contribution in [2.45, 2.75) is 40.0 Å². The molecule has 0 amide bonds. The molecule has 0 spiro atoms. The van der Waals surface area contributed by atoms with Gasteiger partial charge in [0.2, 0.25) is 5.89 Å². The minimum absolute atomic E-state index is 0.0876. The largest absolute Gasteiger partial charge is 0.403 e. The second-order valence-corrected chi connectivity index (χ2v) is 7.11. The topological polar surface area (TPSA) is 43.1 Å². The molecule has 0 aliphatic heterocycles. The molecule has 2 aromatic carbocycles. The van der Waals surface area contributed by atoms with Crippen molar-refractivity contribution >= 4 is 10.9 Å².